The highest BCUT2D eigenvalue weighted by atomic mass is 35.5. The molecule has 0 atom stereocenters. The summed E-state index contributed by atoms with van der Waals surface area (Å²) in [5, 5.41) is 0.418. The molecule has 6 nitrogen and oxygen atoms in total. The molecule has 3 rings (SSSR count). The molecule has 2 N–H and O–H groups in total. The minimum absolute atomic E-state index is 0.0985. The van der Waals surface area contributed by atoms with Crippen LogP contribution in [-0.4, -0.2) is 24.2 Å². The van der Waals surface area contributed by atoms with Crippen molar-refractivity contribution in [1.29, 1.82) is 0 Å². The standard InChI is InChI=1S/C22H17ClN2O4/c23-18-8-4-7-17(13-18)22(28)25-24-20(26)14-29-19-11-9-16(10-12-19)21(27)15-5-2-1-3-6-15/h1-13H,14H2,(H,24,26)(H,25,28). The highest BCUT2D eigenvalue weighted by Crippen LogP contribution is 2.15. The second-order valence-electron chi connectivity index (χ2n) is 6.02. The van der Waals surface area contributed by atoms with E-state index in [0.29, 0.717) is 27.5 Å². The van der Waals surface area contributed by atoms with Gasteiger partial charge in [0.05, 0.1) is 0 Å². The number of hydrazine groups is 1. The molecule has 3 aromatic rings. The molecular weight excluding hydrogens is 392 g/mol. The van der Waals surface area contributed by atoms with Crippen molar-refractivity contribution in [3.8, 4) is 5.75 Å². The zero-order chi connectivity index (χ0) is 20.6. The van der Waals surface area contributed by atoms with E-state index in [1.165, 1.54) is 6.07 Å². The van der Waals surface area contributed by atoms with E-state index in [0.717, 1.165) is 0 Å². The largest absolute Gasteiger partial charge is 0.484 e. The van der Waals surface area contributed by atoms with Gasteiger partial charge in [-0.1, -0.05) is 48.0 Å². The highest BCUT2D eigenvalue weighted by Gasteiger charge is 2.10. The number of nitrogens with one attached hydrogen (secondary N) is 2. The topological polar surface area (TPSA) is 84.5 Å². The molecule has 0 aliphatic carbocycles. The summed E-state index contributed by atoms with van der Waals surface area (Å²) < 4.78 is 5.37. The van der Waals surface area contributed by atoms with Crippen LogP contribution in [0.2, 0.25) is 5.02 Å². The van der Waals surface area contributed by atoms with Gasteiger partial charge in [-0.3, -0.25) is 25.2 Å². The molecule has 3 aromatic carbocycles. The number of ketones is 1. The van der Waals surface area contributed by atoms with E-state index in [-0.39, 0.29) is 12.4 Å². The highest BCUT2D eigenvalue weighted by molar-refractivity contribution is 6.30. The Morgan fingerprint density at radius 1 is 0.759 bits per heavy atom. The minimum Gasteiger partial charge on any atom is -0.484 e. The van der Waals surface area contributed by atoms with Crippen molar-refractivity contribution in [3.05, 3.63) is 101 Å². The summed E-state index contributed by atoms with van der Waals surface area (Å²) in [5.74, 6) is -0.709. The van der Waals surface area contributed by atoms with E-state index >= 15 is 0 Å². The molecule has 0 saturated carbocycles. The first-order valence-electron chi connectivity index (χ1n) is 8.70. The van der Waals surface area contributed by atoms with E-state index in [1.807, 2.05) is 6.07 Å². The van der Waals surface area contributed by atoms with Crippen LogP contribution in [0.15, 0.2) is 78.9 Å². The van der Waals surface area contributed by atoms with Crippen LogP contribution in [0, 0.1) is 0 Å². The fraction of sp³-hybridized carbons (Fsp3) is 0.0455. The van der Waals surface area contributed by atoms with Gasteiger partial charge < -0.3 is 4.74 Å². The van der Waals surface area contributed by atoms with Gasteiger partial charge in [0.15, 0.2) is 12.4 Å². The average Bonchev–Trinajstić information content (AvgIpc) is 2.76. The lowest BCUT2D eigenvalue weighted by Gasteiger charge is -2.09. The Morgan fingerprint density at radius 3 is 2.10 bits per heavy atom. The predicted molar refractivity (Wildman–Crippen MR) is 109 cm³/mol. The van der Waals surface area contributed by atoms with Crippen LogP contribution in [0.3, 0.4) is 0 Å². The summed E-state index contributed by atoms with van der Waals surface area (Å²) in [6.07, 6.45) is 0. The van der Waals surface area contributed by atoms with Gasteiger partial charge in [0.2, 0.25) is 0 Å². The number of hydrogen-bond donors (Lipinski definition) is 2. The molecule has 7 heteroatoms. The fourth-order valence-electron chi connectivity index (χ4n) is 2.47. The first-order valence-corrected chi connectivity index (χ1v) is 9.08. The molecule has 2 amide bonds. The van der Waals surface area contributed by atoms with Crippen molar-refractivity contribution in [3.63, 3.8) is 0 Å². The van der Waals surface area contributed by atoms with Crippen molar-refractivity contribution in [2.24, 2.45) is 0 Å². The predicted octanol–water partition coefficient (Wildman–Crippen LogP) is 3.41. The first-order chi connectivity index (χ1) is 14.0. The number of carbonyl (C=O) groups excluding carboxylic acids is 3. The van der Waals surface area contributed by atoms with E-state index in [2.05, 4.69) is 10.9 Å². The Balaban J connectivity index is 1.48. The van der Waals surface area contributed by atoms with Crippen LogP contribution in [0.1, 0.15) is 26.3 Å². The van der Waals surface area contributed by atoms with Crippen molar-refractivity contribution >= 4 is 29.2 Å². The van der Waals surface area contributed by atoms with Gasteiger partial charge in [0.25, 0.3) is 11.8 Å². The van der Waals surface area contributed by atoms with Crippen LogP contribution < -0.4 is 15.6 Å². The van der Waals surface area contributed by atoms with Crippen LogP contribution in [0.25, 0.3) is 0 Å². The van der Waals surface area contributed by atoms with Crippen molar-refractivity contribution < 1.29 is 19.1 Å². The zero-order valence-electron chi connectivity index (χ0n) is 15.2. The summed E-state index contributed by atoms with van der Waals surface area (Å²) >= 11 is 5.83. The Hall–Kier alpha value is -3.64. The molecule has 0 radical (unpaired) electrons. The number of benzene rings is 3. The molecule has 0 saturated heterocycles. The van der Waals surface area contributed by atoms with Crippen molar-refractivity contribution in [2.75, 3.05) is 6.61 Å². The lowest BCUT2D eigenvalue weighted by atomic mass is 10.0. The summed E-state index contributed by atoms with van der Waals surface area (Å²) in [6.45, 7) is -0.304. The number of amides is 2. The molecule has 0 bridgehead atoms. The third-order valence-electron chi connectivity index (χ3n) is 3.92. The molecule has 0 aliphatic heterocycles. The van der Waals surface area contributed by atoms with Crippen LogP contribution in [-0.2, 0) is 4.79 Å². The molecule has 0 unspecified atom stereocenters. The zero-order valence-corrected chi connectivity index (χ0v) is 16.0. The molecule has 0 aliphatic rings. The van der Waals surface area contributed by atoms with E-state index in [1.54, 1.807) is 66.7 Å². The summed E-state index contributed by atoms with van der Waals surface area (Å²) in [5.41, 5.74) is 5.97. The lowest BCUT2D eigenvalue weighted by molar-refractivity contribution is -0.123. The Kier molecular flexibility index (Phi) is 6.60. The SMILES string of the molecule is O=C(COc1ccc(C(=O)c2ccccc2)cc1)NNC(=O)c1cccc(Cl)c1. The van der Waals surface area contributed by atoms with Gasteiger partial charge in [-0.2, -0.15) is 0 Å². The van der Waals surface area contributed by atoms with Crippen LogP contribution >= 0.6 is 11.6 Å². The molecule has 0 fully saturated rings. The van der Waals surface area contributed by atoms with Gasteiger partial charge >= 0.3 is 0 Å². The minimum atomic E-state index is -0.537. The summed E-state index contributed by atoms with van der Waals surface area (Å²) in [6, 6.07) is 21.7. The molecule has 146 valence electrons. The van der Waals surface area contributed by atoms with E-state index in [9.17, 15) is 14.4 Å². The van der Waals surface area contributed by atoms with E-state index < -0.39 is 11.8 Å². The average molecular weight is 409 g/mol. The van der Waals surface area contributed by atoms with Crippen molar-refractivity contribution in [2.45, 2.75) is 0 Å². The van der Waals surface area contributed by atoms with Gasteiger partial charge in [0.1, 0.15) is 5.75 Å². The third-order valence-corrected chi connectivity index (χ3v) is 4.16. The van der Waals surface area contributed by atoms with Gasteiger partial charge in [-0.05, 0) is 42.5 Å². The summed E-state index contributed by atoms with van der Waals surface area (Å²) in [4.78, 5) is 36.1. The first kappa shape index (κ1) is 20.1. The number of rotatable bonds is 6. The van der Waals surface area contributed by atoms with E-state index in [4.69, 9.17) is 16.3 Å². The number of halogens is 1. The maximum Gasteiger partial charge on any atom is 0.276 e. The third kappa shape index (κ3) is 5.67. The maximum absolute atomic E-state index is 12.4. The van der Waals surface area contributed by atoms with Gasteiger partial charge in [0, 0.05) is 21.7 Å². The second-order valence-corrected chi connectivity index (χ2v) is 6.46. The quantitative estimate of drug-likeness (QED) is 0.483. The number of ether oxygens (including phenoxy) is 1. The van der Waals surface area contributed by atoms with Crippen molar-refractivity contribution in [1.82, 2.24) is 10.9 Å². The molecule has 0 spiro atoms. The van der Waals surface area contributed by atoms with Gasteiger partial charge in [-0.15, -0.1) is 0 Å². The summed E-state index contributed by atoms with van der Waals surface area (Å²) in [7, 11) is 0. The van der Waals surface area contributed by atoms with Crippen LogP contribution in [0.5, 0.6) is 5.75 Å². The number of carbonyl (C=O) groups is 3. The monoisotopic (exact) mass is 408 g/mol. The Bertz CT molecular complexity index is 1020. The molecule has 29 heavy (non-hydrogen) atoms. The Labute approximate surface area is 172 Å². The lowest BCUT2D eigenvalue weighted by Crippen LogP contribution is -2.43. The Morgan fingerprint density at radius 2 is 1.41 bits per heavy atom. The number of hydrogen-bond acceptors (Lipinski definition) is 4. The maximum atomic E-state index is 12.4. The van der Waals surface area contributed by atoms with Gasteiger partial charge in [-0.25, -0.2) is 0 Å². The molecule has 0 heterocycles. The fourth-order valence-corrected chi connectivity index (χ4v) is 2.66. The normalized spacial score (nSPS) is 10.1. The second kappa shape index (κ2) is 9.52. The molecule has 0 aromatic heterocycles. The smallest absolute Gasteiger partial charge is 0.276 e. The van der Waals surface area contributed by atoms with Crippen LogP contribution in [0.4, 0.5) is 0 Å². The molecular formula is C22H17ClN2O4.